The van der Waals surface area contributed by atoms with Crippen LogP contribution in [0.25, 0.3) is 16.0 Å². The van der Waals surface area contributed by atoms with Crippen molar-refractivity contribution in [1.82, 2.24) is 20.0 Å². The van der Waals surface area contributed by atoms with Crippen LogP contribution in [0.4, 0.5) is 0 Å². The van der Waals surface area contributed by atoms with E-state index in [1.54, 1.807) is 29.1 Å². The first-order valence-electron chi connectivity index (χ1n) is 6.42. The van der Waals surface area contributed by atoms with Crippen molar-refractivity contribution >= 4 is 27.5 Å². The first kappa shape index (κ1) is 13.7. The smallest absolute Gasteiger partial charge is 0.345 e. The van der Waals surface area contributed by atoms with Gasteiger partial charge >= 0.3 is 5.97 Å². The lowest BCUT2D eigenvalue weighted by Gasteiger charge is -2.15. The topological polar surface area (TPSA) is 80.9 Å². The van der Waals surface area contributed by atoms with Crippen LogP contribution in [-0.2, 0) is 5.41 Å². The lowest BCUT2D eigenvalue weighted by Crippen LogP contribution is -2.13. The minimum absolute atomic E-state index is 0.192. The summed E-state index contributed by atoms with van der Waals surface area (Å²) < 4.78 is 1.67. The van der Waals surface area contributed by atoms with Crippen molar-refractivity contribution in [3.63, 3.8) is 0 Å². The van der Waals surface area contributed by atoms with Crippen LogP contribution >= 0.6 is 11.3 Å². The van der Waals surface area contributed by atoms with Gasteiger partial charge in [-0.3, -0.25) is 0 Å². The zero-order valence-electron chi connectivity index (χ0n) is 11.9. The van der Waals surface area contributed by atoms with Gasteiger partial charge in [0.15, 0.2) is 5.82 Å². The predicted octanol–water partition coefficient (Wildman–Crippen LogP) is 2.87. The summed E-state index contributed by atoms with van der Waals surface area (Å²) in [7, 11) is 0. The fourth-order valence-corrected chi connectivity index (χ4v) is 3.09. The first-order chi connectivity index (χ1) is 9.88. The Morgan fingerprint density at radius 2 is 2.14 bits per heavy atom. The highest BCUT2D eigenvalue weighted by molar-refractivity contribution is 7.20. The Morgan fingerprint density at radius 1 is 1.38 bits per heavy atom. The summed E-state index contributed by atoms with van der Waals surface area (Å²) in [5.74, 6) is -0.349. The van der Waals surface area contributed by atoms with Crippen molar-refractivity contribution < 1.29 is 9.90 Å². The number of aromatic nitrogens is 4. The Kier molecular flexibility index (Phi) is 3.02. The fraction of sp³-hybridized carbons (Fsp3) is 0.286. The van der Waals surface area contributed by atoms with Gasteiger partial charge < -0.3 is 5.11 Å². The summed E-state index contributed by atoms with van der Waals surface area (Å²) in [5, 5.41) is 22.6. The molecule has 0 aliphatic carbocycles. The van der Waals surface area contributed by atoms with E-state index < -0.39 is 5.97 Å². The summed E-state index contributed by atoms with van der Waals surface area (Å²) >= 11 is 1.20. The van der Waals surface area contributed by atoms with E-state index in [4.69, 9.17) is 0 Å². The second kappa shape index (κ2) is 4.63. The first-order valence-corrected chi connectivity index (χ1v) is 7.24. The van der Waals surface area contributed by atoms with Gasteiger partial charge in [-0.15, -0.1) is 16.4 Å². The second-order valence-electron chi connectivity index (χ2n) is 5.73. The molecule has 0 saturated carbocycles. The SMILES string of the molecule is CC(C)(C)c1nn(-c2cccnn2)c2sc(C(=O)O)cc12. The zero-order chi connectivity index (χ0) is 15.2. The Bertz CT molecular complexity index is 815. The van der Waals surface area contributed by atoms with Crippen molar-refractivity contribution in [3.05, 3.63) is 35.0 Å². The van der Waals surface area contributed by atoms with E-state index in [-0.39, 0.29) is 5.41 Å². The Morgan fingerprint density at radius 3 is 2.71 bits per heavy atom. The average Bonchev–Trinajstić information content (AvgIpc) is 2.96. The molecular formula is C14H14N4O2S. The van der Waals surface area contributed by atoms with Gasteiger partial charge in [0.25, 0.3) is 0 Å². The molecule has 3 aromatic rings. The molecule has 0 atom stereocenters. The number of hydrogen-bond donors (Lipinski definition) is 1. The number of nitrogens with zero attached hydrogens (tertiary/aromatic N) is 4. The molecule has 0 bridgehead atoms. The number of carboxylic acid groups (broad SMARTS) is 1. The van der Waals surface area contributed by atoms with Crippen LogP contribution in [0.5, 0.6) is 0 Å². The maximum absolute atomic E-state index is 11.2. The molecular weight excluding hydrogens is 288 g/mol. The quantitative estimate of drug-likeness (QED) is 0.787. The number of thiophene rings is 1. The molecule has 108 valence electrons. The van der Waals surface area contributed by atoms with Crippen LogP contribution in [-0.4, -0.2) is 31.1 Å². The van der Waals surface area contributed by atoms with Crippen molar-refractivity contribution in [3.8, 4) is 5.82 Å². The van der Waals surface area contributed by atoms with Crippen LogP contribution in [0.2, 0.25) is 0 Å². The molecule has 0 aliphatic heterocycles. The third-order valence-corrected chi connectivity index (χ3v) is 4.15. The largest absolute Gasteiger partial charge is 0.477 e. The highest BCUT2D eigenvalue weighted by Gasteiger charge is 2.26. The number of fused-ring (bicyclic) bond motifs is 1. The summed E-state index contributed by atoms with van der Waals surface area (Å²) in [4.78, 5) is 12.3. The molecule has 1 N–H and O–H groups in total. The van der Waals surface area contributed by atoms with Crippen molar-refractivity contribution in [2.24, 2.45) is 0 Å². The molecule has 0 aromatic carbocycles. The predicted molar refractivity (Wildman–Crippen MR) is 80.2 cm³/mol. The van der Waals surface area contributed by atoms with E-state index in [2.05, 4.69) is 15.3 Å². The Labute approximate surface area is 125 Å². The minimum Gasteiger partial charge on any atom is -0.477 e. The van der Waals surface area contributed by atoms with E-state index in [1.807, 2.05) is 20.8 Å². The van der Waals surface area contributed by atoms with Crippen molar-refractivity contribution in [2.75, 3.05) is 0 Å². The van der Waals surface area contributed by atoms with E-state index in [0.29, 0.717) is 10.7 Å². The summed E-state index contributed by atoms with van der Waals surface area (Å²) in [6, 6.07) is 5.26. The normalized spacial score (nSPS) is 12.0. The molecule has 0 aliphatic rings. The summed E-state index contributed by atoms with van der Waals surface area (Å²) in [6.45, 7) is 6.15. The molecule has 3 aromatic heterocycles. The Hall–Kier alpha value is -2.28. The summed E-state index contributed by atoms with van der Waals surface area (Å²) in [6.07, 6.45) is 1.59. The van der Waals surface area contributed by atoms with Crippen molar-refractivity contribution in [1.29, 1.82) is 0 Å². The van der Waals surface area contributed by atoms with E-state index in [1.165, 1.54) is 11.3 Å². The van der Waals surface area contributed by atoms with Crippen LogP contribution in [0, 0.1) is 0 Å². The summed E-state index contributed by atoms with van der Waals surface area (Å²) in [5.41, 5.74) is 0.662. The Balaban J connectivity index is 2.32. The zero-order valence-corrected chi connectivity index (χ0v) is 12.7. The molecule has 7 heteroatoms. The monoisotopic (exact) mass is 302 g/mol. The van der Waals surface area contributed by atoms with Gasteiger partial charge in [0, 0.05) is 17.0 Å². The molecule has 21 heavy (non-hydrogen) atoms. The highest BCUT2D eigenvalue weighted by Crippen LogP contribution is 2.35. The van der Waals surface area contributed by atoms with Crippen LogP contribution in [0.1, 0.15) is 36.1 Å². The maximum Gasteiger partial charge on any atom is 0.345 e. The highest BCUT2D eigenvalue weighted by atomic mass is 32.1. The fourth-order valence-electron chi connectivity index (χ4n) is 2.13. The number of aromatic carboxylic acids is 1. The molecule has 0 fully saturated rings. The molecule has 0 amide bonds. The molecule has 0 radical (unpaired) electrons. The second-order valence-corrected chi connectivity index (χ2v) is 6.76. The van der Waals surface area contributed by atoms with Gasteiger partial charge in [-0.1, -0.05) is 20.8 Å². The van der Waals surface area contributed by atoms with E-state index in [0.717, 1.165) is 15.9 Å². The maximum atomic E-state index is 11.2. The van der Waals surface area contributed by atoms with Gasteiger partial charge in [0.1, 0.15) is 9.71 Å². The molecule has 3 heterocycles. The van der Waals surface area contributed by atoms with Gasteiger partial charge in [-0.05, 0) is 18.2 Å². The van der Waals surface area contributed by atoms with Crippen LogP contribution < -0.4 is 0 Å². The average molecular weight is 302 g/mol. The molecule has 0 saturated heterocycles. The lowest BCUT2D eigenvalue weighted by molar-refractivity contribution is 0.0702. The van der Waals surface area contributed by atoms with Crippen molar-refractivity contribution in [2.45, 2.75) is 26.2 Å². The van der Waals surface area contributed by atoms with Crippen LogP contribution in [0.3, 0.4) is 0 Å². The lowest BCUT2D eigenvalue weighted by atomic mass is 9.91. The third kappa shape index (κ3) is 2.29. The molecule has 6 nitrogen and oxygen atoms in total. The molecule has 3 rings (SSSR count). The van der Waals surface area contributed by atoms with Gasteiger partial charge in [0.2, 0.25) is 0 Å². The van der Waals surface area contributed by atoms with Gasteiger partial charge in [-0.25, -0.2) is 9.48 Å². The van der Waals surface area contributed by atoms with Gasteiger partial charge in [0.05, 0.1) is 5.69 Å². The minimum atomic E-state index is -0.929. The van der Waals surface area contributed by atoms with E-state index >= 15 is 0 Å². The molecule has 0 unspecified atom stereocenters. The number of carbonyl (C=O) groups is 1. The van der Waals surface area contributed by atoms with Crippen LogP contribution in [0.15, 0.2) is 24.4 Å². The third-order valence-electron chi connectivity index (χ3n) is 3.06. The van der Waals surface area contributed by atoms with E-state index in [9.17, 15) is 9.90 Å². The number of rotatable bonds is 2. The molecule has 0 spiro atoms. The standard InChI is InChI=1S/C14H14N4O2S/c1-14(2,3)11-8-7-9(13(19)20)21-12(8)18(17-11)10-5-4-6-15-16-10/h4-7H,1-3H3,(H,19,20). The number of carboxylic acids is 1. The van der Waals surface area contributed by atoms with Gasteiger partial charge in [-0.2, -0.15) is 10.2 Å². The number of hydrogen-bond acceptors (Lipinski definition) is 5.